The van der Waals surface area contributed by atoms with Gasteiger partial charge in [-0.2, -0.15) is 31.3 Å². The van der Waals surface area contributed by atoms with Crippen LogP contribution >= 0.6 is 0 Å². The molecule has 1 aromatic rings. The molecular weight excluding hydrogens is 450 g/mol. The van der Waals surface area contributed by atoms with Crippen molar-refractivity contribution in [3.8, 4) is 0 Å². The molecule has 0 unspecified atom stereocenters. The van der Waals surface area contributed by atoms with Crippen molar-refractivity contribution in [2.75, 3.05) is 4.90 Å². The minimum atomic E-state index is -6.20. The summed E-state index contributed by atoms with van der Waals surface area (Å²) in [5, 5.41) is 21.3. The standard InChI is InChI=1S/C17H18F6N6O3/c18-16(19,20)15(30,17(21,22)23)9-4-5-10(11(8-9)29(31)32)28-13(25)26-12(24)27-14(28)6-2-1-3-7-14/h4-5,8,30H,1-3,6-7H2,(H4,24,25,26,27). The van der Waals surface area contributed by atoms with Crippen molar-refractivity contribution in [3.05, 3.63) is 33.9 Å². The fourth-order valence-corrected chi connectivity index (χ4v) is 4.04. The Labute approximate surface area is 176 Å². The molecule has 0 saturated heterocycles. The second-order valence-corrected chi connectivity index (χ2v) is 7.49. The molecule has 1 fully saturated rings. The third-order valence-electron chi connectivity index (χ3n) is 5.50. The zero-order valence-corrected chi connectivity index (χ0v) is 16.2. The lowest BCUT2D eigenvalue weighted by Crippen LogP contribution is -2.58. The Bertz CT molecular complexity index is 970. The molecule has 3 rings (SSSR count). The van der Waals surface area contributed by atoms with E-state index < -0.39 is 45.5 Å². The molecule has 1 saturated carbocycles. The van der Waals surface area contributed by atoms with Gasteiger partial charge in [0.25, 0.3) is 11.3 Å². The highest BCUT2D eigenvalue weighted by Crippen LogP contribution is 2.52. The maximum atomic E-state index is 13.2. The van der Waals surface area contributed by atoms with E-state index in [-0.39, 0.29) is 18.0 Å². The maximum Gasteiger partial charge on any atom is 0.430 e. The number of nitro benzene ring substituents is 1. The Kier molecular flexibility index (Phi) is 5.52. The first-order valence-corrected chi connectivity index (χ1v) is 9.28. The van der Waals surface area contributed by atoms with Gasteiger partial charge in [0.05, 0.1) is 4.92 Å². The Morgan fingerprint density at radius 1 is 1.06 bits per heavy atom. The first kappa shape index (κ1) is 23.6. The largest absolute Gasteiger partial charge is 0.430 e. The third-order valence-corrected chi connectivity index (χ3v) is 5.50. The summed E-state index contributed by atoms with van der Waals surface area (Å²) in [6.45, 7) is 0. The van der Waals surface area contributed by atoms with Crippen LogP contribution in [0.15, 0.2) is 28.2 Å². The van der Waals surface area contributed by atoms with E-state index in [1.807, 2.05) is 0 Å². The highest BCUT2D eigenvalue weighted by atomic mass is 19.4. The number of aliphatic hydroxyl groups is 1. The highest BCUT2D eigenvalue weighted by Gasteiger charge is 2.71. The number of rotatable bonds is 3. The van der Waals surface area contributed by atoms with Crippen LogP contribution in [0.25, 0.3) is 0 Å². The number of nitrogens with zero attached hydrogens (tertiary/aromatic N) is 4. The van der Waals surface area contributed by atoms with Gasteiger partial charge in [0, 0.05) is 11.6 Å². The molecule has 0 bridgehead atoms. The van der Waals surface area contributed by atoms with Gasteiger partial charge < -0.3 is 16.6 Å². The molecule has 5 N–H and O–H groups in total. The molecule has 0 radical (unpaired) electrons. The van der Waals surface area contributed by atoms with E-state index in [0.717, 1.165) is 11.3 Å². The number of guanidine groups is 2. The van der Waals surface area contributed by atoms with Gasteiger partial charge >= 0.3 is 12.4 Å². The van der Waals surface area contributed by atoms with Gasteiger partial charge in [-0.15, -0.1) is 0 Å². The van der Waals surface area contributed by atoms with Crippen molar-refractivity contribution >= 4 is 23.3 Å². The summed E-state index contributed by atoms with van der Waals surface area (Å²) >= 11 is 0. The van der Waals surface area contributed by atoms with Crippen LogP contribution in [0.3, 0.4) is 0 Å². The summed E-state index contributed by atoms with van der Waals surface area (Å²) in [6, 6.07) is 1.00. The van der Waals surface area contributed by atoms with E-state index in [4.69, 9.17) is 11.5 Å². The molecule has 2 aliphatic rings. The molecule has 0 amide bonds. The van der Waals surface area contributed by atoms with Crippen LogP contribution in [0, 0.1) is 10.1 Å². The van der Waals surface area contributed by atoms with E-state index in [0.29, 0.717) is 37.8 Å². The lowest BCUT2D eigenvalue weighted by atomic mass is 9.86. The number of halogens is 6. The van der Waals surface area contributed by atoms with Crippen LogP contribution in [0.4, 0.5) is 37.7 Å². The van der Waals surface area contributed by atoms with Crippen molar-refractivity contribution in [2.45, 2.75) is 55.7 Å². The minimum absolute atomic E-state index is 0.0296. The SMILES string of the molecule is NC1=NC2(CCCCC2)N(c2ccc(C(O)(C(F)(F)F)C(F)(F)F)cc2[N+](=O)[O-])C(N)=N1. The van der Waals surface area contributed by atoms with Gasteiger partial charge in [0.15, 0.2) is 0 Å². The summed E-state index contributed by atoms with van der Waals surface area (Å²) < 4.78 is 79.5. The first-order chi connectivity index (χ1) is 14.6. The Morgan fingerprint density at radius 2 is 1.62 bits per heavy atom. The predicted molar refractivity (Wildman–Crippen MR) is 101 cm³/mol. The topological polar surface area (TPSA) is 143 Å². The van der Waals surface area contributed by atoms with Gasteiger partial charge in [0.2, 0.25) is 11.9 Å². The molecule has 1 spiro atoms. The molecule has 15 heteroatoms. The fourth-order valence-electron chi connectivity index (χ4n) is 4.04. The molecule has 176 valence electrons. The molecule has 9 nitrogen and oxygen atoms in total. The monoisotopic (exact) mass is 468 g/mol. The second kappa shape index (κ2) is 7.50. The van der Waals surface area contributed by atoms with Crippen LogP contribution in [0.2, 0.25) is 0 Å². The number of anilines is 1. The summed E-state index contributed by atoms with van der Waals surface area (Å²) in [6.07, 6.45) is -9.71. The highest BCUT2D eigenvalue weighted by molar-refractivity contribution is 6.06. The second-order valence-electron chi connectivity index (χ2n) is 7.49. The lowest BCUT2D eigenvalue weighted by Gasteiger charge is -2.45. The quantitative estimate of drug-likeness (QED) is 0.354. The summed E-state index contributed by atoms with van der Waals surface area (Å²) in [5.41, 5.74) is 1.72. The van der Waals surface area contributed by atoms with E-state index in [2.05, 4.69) is 9.98 Å². The summed E-state index contributed by atoms with van der Waals surface area (Å²) in [5.74, 6) is -0.555. The van der Waals surface area contributed by atoms with Crippen LogP contribution in [-0.2, 0) is 5.60 Å². The number of alkyl halides is 6. The summed E-state index contributed by atoms with van der Waals surface area (Å²) in [7, 11) is 0. The fraction of sp³-hybridized carbons (Fsp3) is 0.529. The smallest absolute Gasteiger partial charge is 0.369 e. The van der Waals surface area contributed by atoms with Crippen molar-refractivity contribution in [3.63, 3.8) is 0 Å². The van der Waals surface area contributed by atoms with Crippen LogP contribution in [-0.4, -0.2) is 40.0 Å². The van der Waals surface area contributed by atoms with Gasteiger partial charge in [-0.05, 0) is 31.7 Å². The first-order valence-electron chi connectivity index (χ1n) is 9.28. The Hall–Kier alpha value is -3.10. The minimum Gasteiger partial charge on any atom is -0.369 e. The van der Waals surface area contributed by atoms with E-state index in [1.54, 1.807) is 0 Å². The Balaban J connectivity index is 2.23. The van der Waals surface area contributed by atoms with Gasteiger partial charge in [-0.25, -0.2) is 4.99 Å². The van der Waals surface area contributed by atoms with Crippen LogP contribution in [0.5, 0.6) is 0 Å². The van der Waals surface area contributed by atoms with Crippen LogP contribution < -0.4 is 16.4 Å². The van der Waals surface area contributed by atoms with Gasteiger partial charge in [-0.1, -0.05) is 12.5 Å². The number of aliphatic imine (C=N–C) groups is 2. The average Bonchev–Trinajstić information content (AvgIpc) is 2.65. The number of benzene rings is 1. The Morgan fingerprint density at radius 3 is 2.12 bits per heavy atom. The van der Waals surface area contributed by atoms with E-state index in [9.17, 15) is 41.6 Å². The molecule has 1 aliphatic carbocycles. The molecule has 32 heavy (non-hydrogen) atoms. The summed E-state index contributed by atoms with van der Waals surface area (Å²) in [4.78, 5) is 19.6. The predicted octanol–water partition coefficient (Wildman–Crippen LogP) is 3.02. The van der Waals surface area contributed by atoms with Gasteiger partial charge in [0.1, 0.15) is 11.4 Å². The maximum absolute atomic E-state index is 13.2. The molecule has 1 heterocycles. The van der Waals surface area contributed by atoms with Crippen molar-refractivity contribution in [2.24, 2.45) is 21.5 Å². The third kappa shape index (κ3) is 3.59. The molecule has 0 aromatic heterocycles. The normalized spacial score (nSPS) is 19.5. The molecular formula is C17H18F6N6O3. The van der Waals surface area contributed by atoms with Crippen molar-refractivity contribution in [1.29, 1.82) is 0 Å². The van der Waals surface area contributed by atoms with Crippen LogP contribution in [0.1, 0.15) is 37.7 Å². The zero-order valence-electron chi connectivity index (χ0n) is 16.2. The molecule has 1 aromatic carbocycles. The van der Waals surface area contributed by atoms with Crippen molar-refractivity contribution in [1.82, 2.24) is 0 Å². The van der Waals surface area contributed by atoms with Crippen molar-refractivity contribution < 1.29 is 36.4 Å². The number of nitrogens with two attached hydrogens (primary N) is 2. The van der Waals surface area contributed by atoms with E-state index in [1.165, 1.54) is 0 Å². The average molecular weight is 468 g/mol. The zero-order chi connectivity index (χ0) is 24.1. The van der Waals surface area contributed by atoms with Gasteiger partial charge in [-0.3, -0.25) is 15.0 Å². The number of nitro groups is 1. The van der Waals surface area contributed by atoms with E-state index >= 15 is 0 Å². The molecule has 0 atom stereocenters. The molecule has 1 aliphatic heterocycles. The lowest BCUT2D eigenvalue weighted by molar-refractivity contribution is -0.386. The number of hydrogen-bond acceptors (Lipinski definition) is 8. The number of hydrogen-bond donors (Lipinski definition) is 3.